The van der Waals surface area contributed by atoms with E-state index >= 15 is 0 Å². The van der Waals surface area contributed by atoms with Crippen molar-refractivity contribution < 1.29 is 4.79 Å². The number of halogens is 1. The van der Waals surface area contributed by atoms with E-state index in [4.69, 9.17) is 11.6 Å². The number of ketones is 1. The predicted octanol–water partition coefficient (Wildman–Crippen LogP) is 3.41. The molecule has 1 aromatic carbocycles. The van der Waals surface area contributed by atoms with Gasteiger partial charge in [-0.15, -0.1) is 0 Å². The molecule has 0 fully saturated rings. The van der Waals surface area contributed by atoms with Gasteiger partial charge in [0.25, 0.3) is 0 Å². The third kappa shape index (κ3) is 2.43. The molecule has 68 valence electrons. The van der Waals surface area contributed by atoms with E-state index in [1.54, 1.807) is 18.2 Å². The third-order valence-electron chi connectivity index (χ3n) is 1.71. The van der Waals surface area contributed by atoms with Gasteiger partial charge in [0.2, 0.25) is 0 Å². The van der Waals surface area contributed by atoms with Crippen molar-refractivity contribution in [2.75, 3.05) is 0 Å². The number of carbonyl (C=O) groups is 1. The van der Waals surface area contributed by atoms with E-state index in [1.807, 2.05) is 19.9 Å². The second-order valence-electron chi connectivity index (χ2n) is 2.85. The first kappa shape index (κ1) is 10.0. The standard InChI is InChI=1S/C11H11ClO/c1-3-4-11(13)9-7-8(2)5-6-10(9)12/h3-7H,1-2H3. The van der Waals surface area contributed by atoms with Crippen LogP contribution >= 0.6 is 11.6 Å². The minimum absolute atomic E-state index is 0.0452. The van der Waals surface area contributed by atoms with Crippen LogP contribution < -0.4 is 0 Å². The molecule has 0 spiro atoms. The summed E-state index contributed by atoms with van der Waals surface area (Å²) in [5.41, 5.74) is 1.61. The lowest BCUT2D eigenvalue weighted by Crippen LogP contribution is -1.95. The molecule has 0 aliphatic heterocycles. The maximum atomic E-state index is 11.4. The maximum absolute atomic E-state index is 11.4. The molecule has 0 heterocycles. The van der Waals surface area contributed by atoms with Crippen molar-refractivity contribution in [3.05, 3.63) is 46.5 Å². The second-order valence-corrected chi connectivity index (χ2v) is 3.25. The lowest BCUT2D eigenvalue weighted by molar-refractivity contribution is 0.104. The molecule has 0 aliphatic rings. The van der Waals surface area contributed by atoms with Gasteiger partial charge in [-0.25, -0.2) is 0 Å². The molecule has 0 bridgehead atoms. The number of carbonyl (C=O) groups excluding carboxylic acids is 1. The fourth-order valence-electron chi connectivity index (χ4n) is 1.07. The van der Waals surface area contributed by atoms with Crippen molar-refractivity contribution >= 4 is 17.4 Å². The summed E-state index contributed by atoms with van der Waals surface area (Å²) in [6, 6.07) is 5.42. The molecule has 0 amide bonds. The Morgan fingerprint density at radius 3 is 2.77 bits per heavy atom. The fraction of sp³-hybridized carbons (Fsp3) is 0.182. The highest BCUT2D eigenvalue weighted by Crippen LogP contribution is 2.18. The minimum atomic E-state index is -0.0452. The Labute approximate surface area is 83.0 Å². The van der Waals surface area contributed by atoms with Crippen molar-refractivity contribution in [3.8, 4) is 0 Å². The molecule has 0 radical (unpaired) electrons. The van der Waals surface area contributed by atoms with Gasteiger partial charge in [0.1, 0.15) is 0 Å². The van der Waals surface area contributed by atoms with Crippen LogP contribution in [0.4, 0.5) is 0 Å². The first-order chi connectivity index (χ1) is 6.15. The van der Waals surface area contributed by atoms with Crippen LogP contribution in [0, 0.1) is 6.92 Å². The number of benzene rings is 1. The molecule has 1 nitrogen and oxygen atoms in total. The quantitative estimate of drug-likeness (QED) is 0.521. The highest BCUT2D eigenvalue weighted by atomic mass is 35.5. The normalized spacial score (nSPS) is 10.7. The summed E-state index contributed by atoms with van der Waals surface area (Å²) in [7, 11) is 0. The summed E-state index contributed by atoms with van der Waals surface area (Å²) in [6.45, 7) is 3.74. The SMILES string of the molecule is CC=CC(=O)c1cc(C)ccc1Cl. The van der Waals surface area contributed by atoms with Gasteiger partial charge in [-0.05, 0) is 32.1 Å². The summed E-state index contributed by atoms with van der Waals surface area (Å²) in [5, 5.41) is 0.508. The highest BCUT2D eigenvalue weighted by molar-refractivity contribution is 6.34. The largest absolute Gasteiger partial charge is 0.289 e. The summed E-state index contributed by atoms with van der Waals surface area (Å²) >= 11 is 5.87. The predicted molar refractivity (Wildman–Crippen MR) is 55.3 cm³/mol. The van der Waals surface area contributed by atoms with E-state index in [0.29, 0.717) is 10.6 Å². The molecule has 0 saturated carbocycles. The van der Waals surface area contributed by atoms with Gasteiger partial charge >= 0.3 is 0 Å². The van der Waals surface area contributed by atoms with Crippen LogP contribution in [0.1, 0.15) is 22.8 Å². The van der Waals surface area contributed by atoms with E-state index in [9.17, 15) is 4.79 Å². The number of hydrogen-bond acceptors (Lipinski definition) is 1. The summed E-state index contributed by atoms with van der Waals surface area (Å²) in [4.78, 5) is 11.4. The topological polar surface area (TPSA) is 17.1 Å². The van der Waals surface area contributed by atoms with Gasteiger partial charge in [0.05, 0.1) is 5.02 Å². The van der Waals surface area contributed by atoms with Crippen LogP contribution in [0.25, 0.3) is 0 Å². The van der Waals surface area contributed by atoms with Crippen LogP contribution in [-0.4, -0.2) is 5.78 Å². The number of rotatable bonds is 2. The average Bonchev–Trinajstić information content (AvgIpc) is 2.09. The number of hydrogen-bond donors (Lipinski definition) is 0. The minimum Gasteiger partial charge on any atom is -0.289 e. The summed E-state index contributed by atoms with van der Waals surface area (Å²) in [5.74, 6) is -0.0452. The van der Waals surface area contributed by atoms with Gasteiger partial charge in [-0.3, -0.25) is 4.79 Å². The molecule has 2 heteroatoms. The molecular formula is C11H11ClO. The Bertz CT molecular complexity index is 353. The Morgan fingerprint density at radius 1 is 1.46 bits per heavy atom. The zero-order chi connectivity index (χ0) is 9.84. The molecule has 1 aromatic rings. The van der Waals surface area contributed by atoms with Crippen LogP contribution in [0.15, 0.2) is 30.4 Å². The fourth-order valence-corrected chi connectivity index (χ4v) is 1.28. The highest BCUT2D eigenvalue weighted by Gasteiger charge is 2.06. The lowest BCUT2D eigenvalue weighted by Gasteiger charge is -2.00. The molecular weight excluding hydrogens is 184 g/mol. The van der Waals surface area contributed by atoms with Gasteiger partial charge in [-0.1, -0.05) is 29.3 Å². The van der Waals surface area contributed by atoms with Crippen molar-refractivity contribution in [1.82, 2.24) is 0 Å². The molecule has 0 aliphatic carbocycles. The first-order valence-corrected chi connectivity index (χ1v) is 4.46. The molecule has 0 aromatic heterocycles. The van der Waals surface area contributed by atoms with Gasteiger partial charge in [0.15, 0.2) is 5.78 Å². The smallest absolute Gasteiger partial charge is 0.187 e. The molecule has 0 N–H and O–H groups in total. The Balaban J connectivity index is 3.13. The van der Waals surface area contributed by atoms with Crippen molar-refractivity contribution in [2.45, 2.75) is 13.8 Å². The molecule has 0 atom stereocenters. The van der Waals surface area contributed by atoms with Gasteiger partial charge in [0, 0.05) is 5.56 Å². The Morgan fingerprint density at radius 2 is 2.15 bits per heavy atom. The molecule has 1 rings (SSSR count). The molecule has 13 heavy (non-hydrogen) atoms. The molecule has 0 unspecified atom stereocenters. The van der Waals surface area contributed by atoms with E-state index in [2.05, 4.69) is 0 Å². The zero-order valence-corrected chi connectivity index (χ0v) is 8.43. The van der Waals surface area contributed by atoms with Crippen LogP contribution in [0.2, 0.25) is 5.02 Å². The van der Waals surface area contributed by atoms with Crippen LogP contribution in [0.3, 0.4) is 0 Å². The van der Waals surface area contributed by atoms with E-state index in [1.165, 1.54) is 6.08 Å². The number of allylic oxidation sites excluding steroid dienone is 2. The van der Waals surface area contributed by atoms with Crippen LogP contribution in [-0.2, 0) is 0 Å². The number of aryl methyl sites for hydroxylation is 1. The molecule has 0 saturated heterocycles. The average molecular weight is 195 g/mol. The second kappa shape index (κ2) is 4.24. The first-order valence-electron chi connectivity index (χ1n) is 4.08. The van der Waals surface area contributed by atoms with E-state index in [-0.39, 0.29) is 5.78 Å². The van der Waals surface area contributed by atoms with E-state index in [0.717, 1.165) is 5.56 Å². The Hall–Kier alpha value is -1.08. The van der Waals surface area contributed by atoms with Crippen molar-refractivity contribution in [3.63, 3.8) is 0 Å². The third-order valence-corrected chi connectivity index (χ3v) is 2.03. The van der Waals surface area contributed by atoms with E-state index < -0.39 is 0 Å². The Kier molecular flexibility index (Phi) is 3.26. The maximum Gasteiger partial charge on any atom is 0.187 e. The summed E-state index contributed by atoms with van der Waals surface area (Å²) < 4.78 is 0. The van der Waals surface area contributed by atoms with Crippen molar-refractivity contribution in [2.24, 2.45) is 0 Å². The zero-order valence-electron chi connectivity index (χ0n) is 7.67. The van der Waals surface area contributed by atoms with Gasteiger partial charge in [-0.2, -0.15) is 0 Å². The lowest BCUT2D eigenvalue weighted by atomic mass is 10.1. The summed E-state index contributed by atoms with van der Waals surface area (Å²) in [6.07, 6.45) is 3.22. The van der Waals surface area contributed by atoms with Crippen LogP contribution in [0.5, 0.6) is 0 Å². The monoisotopic (exact) mass is 194 g/mol. The van der Waals surface area contributed by atoms with Crippen molar-refractivity contribution in [1.29, 1.82) is 0 Å². The van der Waals surface area contributed by atoms with Gasteiger partial charge < -0.3 is 0 Å².